The summed E-state index contributed by atoms with van der Waals surface area (Å²) in [7, 11) is 0. The van der Waals surface area contributed by atoms with E-state index >= 15 is 0 Å². The Morgan fingerprint density at radius 3 is 2.45 bits per heavy atom. The summed E-state index contributed by atoms with van der Waals surface area (Å²) in [6.45, 7) is 0. The van der Waals surface area contributed by atoms with Crippen LogP contribution in [-0.2, 0) is 0 Å². The lowest BCUT2D eigenvalue weighted by atomic mass is 10.3. The van der Waals surface area contributed by atoms with Crippen molar-refractivity contribution in [3.05, 3.63) is 28.2 Å². The first-order valence-corrected chi connectivity index (χ1v) is 3.80. The van der Waals surface area contributed by atoms with E-state index in [0.29, 0.717) is 15.7 Å². The van der Waals surface area contributed by atoms with Crippen molar-refractivity contribution in [3.8, 4) is 0 Å². The van der Waals surface area contributed by atoms with Crippen molar-refractivity contribution in [3.63, 3.8) is 0 Å². The SMILES string of the molecule is Cl/N=N/c1ccc(Cl)cc1Cl. The normalized spacial score (nSPS) is 10.8. The van der Waals surface area contributed by atoms with E-state index in [9.17, 15) is 0 Å². The van der Waals surface area contributed by atoms with Crippen molar-refractivity contribution >= 4 is 40.7 Å². The molecule has 58 valence electrons. The predicted octanol–water partition coefficient (Wildman–Crippen LogP) is 4.23. The number of nitrogens with zero attached hydrogens (tertiary/aromatic N) is 2. The Morgan fingerprint density at radius 2 is 1.91 bits per heavy atom. The van der Waals surface area contributed by atoms with E-state index in [1.807, 2.05) is 0 Å². The van der Waals surface area contributed by atoms with Crippen LogP contribution in [0, 0.1) is 0 Å². The van der Waals surface area contributed by atoms with E-state index in [4.69, 9.17) is 35.0 Å². The molecule has 2 nitrogen and oxygen atoms in total. The van der Waals surface area contributed by atoms with Crippen LogP contribution in [0.5, 0.6) is 0 Å². The highest BCUT2D eigenvalue weighted by atomic mass is 35.5. The zero-order chi connectivity index (χ0) is 8.27. The van der Waals surface area contributed by atoms with Gasteiger partial charge < -0.3 is 0 Å². The topological polar surface area (TPSA) is 24.7 Å². The van der Waals surface area contributed by atoms with Gasteiger partial charge in [-0.1, -0.05) is 27.8 Å². The van der Waals surface area contributed by atoms with Crippen molar-refractivity contribution in [2.75, 3.05) is 0 Å². The molecule has 0 aliphatic rings. The molecular weight excluding hydrogens is 206 g/mol. The minimum atomic E-state index is 0.432. The maximum Gasteiger partial charge on any atom is 0.105 e. The third-order valence-corrected chi connectivity index (χ3v) is 1.67. The first-order valence-electron chi connectivity index (χ1n) is 2.71. The molecule has 1 aromatic rings. The molecule has 0 aliphatic carbocycles. The Hall–Kier alpha value is -0.310. The second-order valence-electron chi connectivity index (χ2n) is 1.77. The van der Waals surface area contributed by atoms with Crippen LogP contribution in [0.25, 0.3) is 0 Å². The van der Waals surface area contributed by atoms with Gasteiger partial charge in [-0.05, 0) is 18.2 Å². The zero-order valence-corrected chi connectivity index (χ0v) is 7.53. The Kier molecular flexibility index (Phi) is 3.12. The smallest absolute Gasteiger partial charge is 0.105 e. The fourth-order valence-corrected chi connectivity index (χ4v) is 1.13. The average Bonchev–Trinajstić information content (AvgIpc) is 1.95. The lowest BCUT2D eigenvalue weighted by molar-refractivity contribution is 1.33. The van der Waals surface area contributed by atoms with Crippen molar-refractivity contribution < 1.29 is 0 Å². The van der Waals surface area contributed by atoms with E-state index < -0.39 is 0 Å². The Bertz CT molecular complexity index is 285. The molecule has 0 saturated heterocycles. The summed E-state index contributed by atoms with van der Waals surface area (Å²) in [6, 6.07) is 4.87. The van der Waals surface area contributed by atoms with Gasteiger partial charge in [0.05, 0.1) is 16.8 Å². The average molecular weight is 209 g/mol. The number of halogens is 3. The van der Waals surface area contributed by atoms with Crippen LogP contribution < -0.4 is 0 Å². The van der Waals surface area contributed by atoms with Crippen LogP contribution in [0.15, 0.2) is 27.9 Å². The standard InChI is InChI=1S/C6H3Cl3N2/c7-4-1-2-6(10-11-9)5(8)3-4/h1-3H/b11-10+. The maximum atomic E-state index is 5.71. The van der Waals surface area contributed by atoms with E-state index in [0.717, 1.165) is 0 Å². The monoisotopic (exact) mass is 208 g/mol. The molecule has 0 heterocycles. The summed E-state index contributed by atoms with van der Waals surface area (Å²) in [6.07, 6.45) is 0. The highest BCUT2D eigenvalue weighted by molar-refractivity contribution is 6.36. The lowest BCUT2D eigenvalue weighted by Crippen LogP contribution is -1.66. The van der Waals surface area contributed by atoms with Gasteiger partial charge in [0, 0.05) is 5.02 Å². The van der Waals surface area contributed by atoms with Crippen LogP contribution in [0.1, 0.15) is 0 Å². The largest absolute Gasteiger partial charge is 0.136 e. The molecule has 0 atom stereocenters. The molecule has 0 unspecified atom stereocenters. The molecule has 0 saturated carbocycles. The molecule has 0 fully saturated rings. The summed E-state index contributed by atoms with van der Waals surface area (Å²) >= 11 is 16.4. The summed E-state index contributed by atoms with van der Waals surface area (Å²) in [4.78, 5) is 0. The van der Waals surface area contributed by atoms with E-state index in [2.05, 4.69) is 9.75 Å². The third kappa shape index (κ3) is 2.33. The van der Waals surface area contributed by atoms with Crippen molar-refractivity contribution in [2.24, 2.45) is 9.75 Å². The van der Waals surface area contributed by atoms with Gasteiger partial charge in [0.1, 0.15) is 5.69 Å². The van der Waals surface area contributed by atoms with Crippen molar-refractivity contribution in [1.82, 2.24) is 0 Å². The first kappa shape index (κ1) is 8.78. The van der Waals surface area contributed by atoms with Crippen LogP contribution >= 0.6 is 35.0 Å². The van der Waals surface area contributed by atoms with Gasteiger partial charge in [-0.3, -0.25) is 0 Å². The van der Waals surface area contributed by atoms with E-state index in [-0.39, 0.29) is 0 Å². The first-order chi connectivity index (χ1) is 5.24. The second kappa shape index (κ2) is 3.90. The summed E-state index contributed by atoms with van der Waals surface area (Å²) in [5.74, 6) is 0. The second-order valence-corrected chi connectivity index (χ2v) is 2.77. The number of benzene rings is 1. The maximum absolute atomic E-state index is 5.71. The number of hydrogen-bond acceptors (Lipinski definition) is 2. The minimum Gasteiger partial charge on any atom is -0.136 e. The molecule has 0 aromatic heterocycles. The molecule has 0 amide bonds. The molecule has 1 aromatic carbocycles. The van der Waals surface area contributed by atoms with Crippen LogP contribution in [0.4, 0.5) is 5.69 Å². The van der Waals surface area contributed by atoms with Crippen molar-refractivity contribution in [1.29, 1.82) is 0 Å². The van der Waals surface area contributed by atoms with E-state index in [1.165, 1.54) is 0 Å². The van der Waals surface area contributed by atoms with Crippen LogP contribution in [0.2, 0.25) is 10.0 Å². The molecule has 0 bridgehead atoms. The molecule has 11 heavy (non-hydrogen) atoms. The highest BCUT2D eigenvalue weighted by Gasteiger charge is 1.98. The fourth-order valence-electron chi connectivity index (χ4n) is 0.603. The Labute approximate surface area is 78.9 Å². The van der Waals surface area contributed by atoms with Crippen LogP contribution in [-0.4, -0.2) is 0 Å². The Balaban J connectivity index is 3.09. The fraction of sp³-hybridized carbons (Fsp3) is 0. The predicted molar refractivity (Wildman–Crippen MR) is 46.8 cm³/mol. The van der Waals surface area contributed by atoms with E-state index in [1.54, 1.807) is 18.2 Å². The molecule has 0 N–H and O–H groups in total. The zero-order valence-electron chi connectivity index (χ0n) is 5.26. The van der Waals surface area contributed by atoms with Gasteiger partial charge in [0.25, 0.3) is 0 Å². The molecule has 0 radical (unpaired) electrons. The third-order valence-electron chi connectivity index (χ3n) is 1.06. The lowest BCUT2D eigenvalue weighted by Gasteiger charge is -1.94. The quantitative estimate of drug-likeness (QED) is 0.618. The Morgan fingerprint density at radius 1 is 1.18 bits per heavy atom. The molecule has 0 spiro atoms. The summed E-state index contributed by atoms with van der Waals surface area (Å²) in [5.41, 5.74) is 0.506. The van der Waals surface area contributed by atoms with Gasteiger partial charge in [-0.2, -0.15) is 0 Å². The van der Waals surface area contributed by atoms with Gasteiger partial charge in [0.2, 0.25) is 0 Å². The van der Waals surface area contributed by atoms with Gasteiger partial charge in [-0.25, -0.2) is 0 Å². The molecular formula is C6H3Cl3N2. The van der Waals surface area contributed by atoms with Gasteiger partial charge in [0.15, 0.2) is 0 Å². The summed E-state index contributed by atoms with van der Waals surface area (Å²) in [5, 5.41) is 4.54. The highest BCUT2D eigenvalue weighted by Crippen LogP contribution is 2.28. The van der Waals surface area contributed by atoms with Crippen molar-refractivity contribution in [2.45, 2.75) is 0 Å². The van der Waals surface area contributed by atoms with Crippen LogP contribution in [0.3, 0.4) is 0 Å². The minimum absolute atomic E-state index is 0.432. The van der Waals surface area contributed by atoms with Gasteiger partial charge in [-0.15, -0.1) is 5.11 Å². The molecule has 1 rings (SSSR count). The molecule has 5 heteroatoms. The number of rotatable bonds is 1. The molecule has 0 aliphatic heterocycles. The number of hydrogen-bond donors (Lipinski definition) is 0. The van der Waals surface area contributed by atoms with Gasteiger partial charge >= 0.3 is 0 Å². The summed E-state index contributed by atoms with van der Waals surface area (Å²) < 4.78 is 3.07.